The molecule has 1 fully saturated rings. The van der Waals surface area contributed by atoms with Gasteiger partial charge < -0.3 is 15.2 Å². The third-order valence-electron chi connectivity index (χ3n) is 6.86. The van der Waals surface area contributed by atoms with Gasteiger partial charge >= 0.3 is 0 Å². The third kappa shape index (κ3) is 12.1. The Morgan fingerprint density at radius 1 is 1.07 bits per heavy atom. The van der Waals surface area contributed by atoms with Crippen LogP contribution in [0.5, 0.6) is 0 Å². The van der Waals surface area contributed by atoms with Crippen LogP contribution in [-0.4, -0.2) is 38.7 Å². The van der Waals surface area contributed by atoms with Crippen LogP contribution in [0.25, 0.3) is 11.3 Å². The molecule has 3 heterocycles. The molecule has 1 aromatic carbocycles. The number of nitrogens with zero attached hydrogens (tertiary/aromatic N) is 4. The molecule has 7 heteroatoms. The van der Waals surface area contributed by atoms with Crippen molar-refractivity contribution < 1.29 is 0 Å². The van der Waals surface area contributed by atoms with Crippen molar-refractivity contribution >= 4 is 17.5 Å². The molecule has 234 valence electrons. The average molecular weight is 605 g/mol. The number of piperidine rings is 1. The molecular weight excluding hydrogens is 552 g/mol. The van der Waals surface area contributed by atoms with Crippen molar-refractivity contribution in [3.8, 4) is 11.3 Å². The quantitative estimate of drug-likeness (QED) is 0.281. The minimum Gasteiger partial charge on any atom is -0.348 e. The van der Waals surface area contributed by atoms with Crippen molar-refractivity contribution in [2.45, 2.75) is 99.1 Å². The van der Waals surface area contributed by atoms with E-state index in [0.29, 0.717) is 11.9 Å². The first-order chi connectivity index (χ1) is 21.0. The molecule has 43 heavy (non-hydrogen) atoms. The molecule has 2 aliphatic rings. The van der Waals surface area contributed by atoms with Gasteiger partial charge in [-0.05, 0) is 75.9 Å². The molecule has 5 rings (SSSR count). The summed E-state index contributed by atoms with van der Waals surface area (Å²) in [5.74, 6) is 2.48. The predicted molar refractivity (Wildman–Crippen MR) is 186 cm³/mol. The van der Waals surface area contributed by atoms with E-state index in [0.717, 1.165) is 54.3 Å². The number of nitrogens with one attached hydrogen (secondary N) is 2. The molecule has 3 aromatic rings. The fraction of sp³-hybridized carbons (Fsp3) is 0.472. The fourth-order valence-electron chi connectivity index (χ4n) is 4.68. The maximum Gasteiger partial charge on any atom is 0.223 e. The Labute approximate surface area is 265 Å². The summed E-state index contributed by atoms with van der Waals surface area (Å²) in [7, 11) is 0. The summed E-state index contributed by atoms with van der Waals surface area (Å²) in [6, 6.07) is 8.24. The first kappa shape index (κ1) is 36.0. The van der Waals surface area contributed by atoms with Gasteiger partial charge in [-0.3, -0.25) is 0 Å². The number of anilines is 1. The predicted octanol–water partition coefficient (Wildman–Crippen LogP) is 9.55. The molecule has 1 aliphatic carbocycles. The number of hydrogen-bond donors (Lipinski definition) is 2. The number of aryl methyl sites for hydroxylation is 2. The van der Waals surface area contributed by atoms with Crippen LogP contribution in [0, 0.1) is 6.92 Å². The van der Waals surface area contributed by atoms with Gasteiger partial charge in [-0.1, -0.05) is 95.2 Å². The summed E-state index contributed by atoms with van der Waals surface area (Å²) >= 11 is 6.28. The fourth-order valence-corrected chi connectivity index (χ4v) is 4.86. The lowest BCUT2D eigenvalue weighted by Crippen LogP contribution is -2.28. The highest BCUT2D eigenvalue weighted by Crippen LogP contribution is 2.30. The van der Waals surface area contributed by atoms with Gasteiger partial charge in [0.05, 0.1) is 11.7 Å². The van der Waals surface area contributed by atoms with E-state index in [9.17, 15) is 0 Å². The number of rotatable bonds is 7. The van der Waals surface area contributed by atoms with E-state index in [1.807, 2.05) is 32.9 Å². The Morgan fingerprint density at radius 3 is 2.42 bits per heavy atom. The van der Waals surface area contributed by atoms with Crippen LogP contribution in [-0.2, 0) is 6.54 Å². The van der Waals surface area contributed by atoms with E-state index in [-0.39, 0.29) is 6.04 Å². The number of halogens is 1. The average Bonchev–Trinajstić information content (AvgIpc) is 3.26. The van der Waals surface area contributed by atoms with Gasteiger partial charge in [0.25, 0.3) is 0 Å². The first-order valence-corrected chi connectivity index (χ1v) is 16.5. The Morgan fingerprint density at radius 2 is 1.77 bits per heavy atom. The van der Waals surface area contributed by atoms with Crippen LogP contribution in [0.2, 0.25) is 5.02 Å². The maximum absolute atomic E-state index is 6.28. The zero-order valence-corrected chi connectivity index (χ0v) is 28.2. The van der Waals surface area contributed by atoms with Gasteiger partial charge in [0.1, 0.15) is 5.82 Å². The first-order valence-electron chi connectivity index (χ1n) is 16.1. The van der Waals surface area contributed by atoms with E-state index in [1.165, 1.54) is 30.7 Å². The molecule has 0 spiro atoms. The number of aromatic nitrogens is 4. The molecule has 0 radical (unpaired) electrons. The van der Waals surface area contributed by atoms with Gasteiger partial charge in [0.15, 0.2) is 0 Å². The zero-order valence-electron chi connectivity index (χ0n) is 27.4. The third-order valence-corrected chi connectivity index (χ3v) is 7.27. The van der Waals surface area contributed by atoms with E-state index < -0.39 is 0 Å². The van der Waals surface area contributed by atoms with Crippen molar-refractivity contribution in [1.29, 1.82) is 0 Å². The Hall–Kier alpha value is -3.22. The molecule has 0 saturated carbocycles. The van der Waals surface area contributed by atoms with E-state index >= 15 is 0 Å². The van der Waals surface area contributed by atoms with Crippen molar-refractivity contribution in [3.05, 3.63) is 95.2 Å². The van der Waals surface area contributed by atoms with Crippen LogP contribution >= 0.6 is 11.6 Å². The smallest absolute Gasteiger partial charge is 0.223 e. The van der Waals surface area contributed by atoms with Crippen LogP contribution in [0.15, 0.2) is 78.8 Å². The lowest BCUT2D eigenvalue weighted by atomic mass is 9.97. The van der Waals surface area contributed by atoms with E-state index in [4.69, 9.17) is 16.6 Å². The molecule has 2 N–H and O–H groups in total. The van der Waals surface area contributed by atoms with Crippen molar-refractivity contribution in [2.24, 2.45) is 0 Å². The van der Waals surface area contributed by atoms with Crippen LogP contribution in [0.4, 0.5) is 5.95 Å². The summed E-state index contributed by atoms with van der Waals surface area (Å²) in [6.45, 7) is 17.8. The molecule has 6 nitrogen and oxygen atoms in total. The highest BCUT2D eigenvalue weighted by Gasteiger charge is 2.21. The monoisotopic (exact) mass is 604 g/mol. The van der Waals surface area contributed by atoms with Crippen molar-refractivity contribution in [2.75, 3.05) is 18.4 Å². The molecule has 0 amide bonds. The van der Waals surface area contributed by atoms with Gasteiger partial charge in [-0.2, -0.15) is 0 Å². The lowest BCUT2D eigenvalue weighted by molar-refractivity contribution is 0.429. The standard InChI is InChI=1S/C18H24ClN3.C13H15N3.C3H8.C2H6/c1-3-10-22-12-17(15-5-4-13(2)16(19)11-15)21-18(22)14-6-8-20-9-7-14;1-11(12-7-4-2-3-5-8-12)16-13-14-9-6-10-15-13;1-3-2;1-2/h4-5,11-12,14,20H,3,6-10H2,1-2H3;2,4-11H,3H2,1H3,(H,14,15,16);3H2,1-2H3;1-2H3/t;11-;;/m.1../s1. The number of benzene rings is 1. The number of imidazole rings is 1. The molecule has 1 atom stereocenters. The second-order valence-corrected chi connectivity index (χ2v) is 11.0. The highest BCUT2D eigenvalue weighted by molar-refractivity contribution is 6.31. The second kappa shape index (κ2) is 20.6. The molecule has 0 unspecified atom stereocenters. The highest BCUT2D eigenvalue weighted by atomic mass is 35.5. The lowest BCUT2D eigenvalue weighted by Gasteiger charge is -2.22. The SMILES string of the molecule is CC.CCC.CCCn1cc(-c2ccc(C)c(Cl)c2)nc1C1CCNCC1.C[C@@H](Nc1ncccn1)C1=CC=CCC=C1. The molecular formula is C36H53ClN6. The Kier molecular flexibility index (Phi) is 17.3. The molecule has 1 saturated heterocycles. The maximum atomic E-state index is 6.28. The summed E-state index contributed by atoms with van der Waals surface area (Å²) < 4.78 is 2.35. The summed E-state index contributed by atoms with van der Waals surface area (Å²) in [6.07, 6.45) is 22.0. The van der Waals surface area contributed by atoms with Gasteiger partial charge in [0.2, 0.25) is 5.95 Å². The molecule has 0 bridgehead atoms. The topological polar surface area (TPSA) is 67.7 Å². The zero-order chi connectivity index (χ0) is 31.5. The molecule has 1 aliphatic heterocycles. The van der Waals surface area contributed by atoms with E-state index in [1.54, 1.807) is 12.4 Å². The van der Waals surface area contributed by atoms with Crippen LogP contribution in [0.3, 0.4) is 0 Å². The van der Waals surface area contributed by atoms with E-state index in [2.05, 4.69) is 102 Å². The van der Waals surface area contributed by atoms with Gasteiger partial charge in [-0.25, -0.2) is 15.0 Å². The minimum atomic E-state index is 0.210. The van der Waals surface area contributed by atoms with Crippen molar-refractivity contribution in [3.63, 3.8) is 0 Å². The Bertz CT molecular complexity index is 1270. The van der Waals surface area contributed by atoms with Crippen molar-refractivity contribution in [1.82, 2.24) is 24.8 Å². The van der Waals surface area contributed by atoms with Gasteiger partial charge in [0, 0.05) is 41.6 Å². The second-order valence-electron chi connectivity index (χ2n) is 10.5. The van der Waals surface area contributed by atoms with Crippen LogP contribution < -0.4 is 10.6 Å². The summed E-state index contributed by atoms with van der Waals surface area (Å²) in [4.78, 5) is 13.3. The number of hydrogen-bond acceptors (Lipinski definition) is 5. The Balaban J connectivity index is 0.000000271. The summed E-state index contributed by atoms with van der Waals surface area (Å²) in [5, 5.41) is 7.51. The number of allylic oxidation sites excluding steroid dienone is 4. The van der Waals surface area contributed by atoms with Crippen LogP contribution in [0.1, 0.15) is 91.0 Å². The normalized spacial score (nSPS) is 14.9. The molecule has 2 aromatic heterocycles. The minimum absolute atomic E-state index is 0.210. The van der Waals surface area contributed by atoms with Gasteiger partial charge in [-0.15, -0.1) is 0 Å². The summed E-state index contributed by atoms with van der Waals surface area (Å²) in [5.41, 5.74) is 4.50. The largest absolute Gasteiger partial charge is 0.348 e.